The van der Waals surface area contributed by atoms with Gasteiger partial charge in [0, 0.05) is 17.7 Å². The first-order chi connectivity index (χ1) is 13.6. The number of fused-ring (bicyclic) bond motifs is 7. The van der Waals surface area contributed by atoms with Crippen LogP contribution in [0.1, 0.15) is 11.4 Å². The average molecular weight is 367 g/mol. The fourth-order valence-electron chi connectivity index (χ4n) is 4.39. The quantitative estimate of drug-likeness (QED) is 0.349. The summed E-state index contributed by atoms with van der Waals surface area (Å²) in [6.45, 7) is 4.28. The summed E-state index contributed by atoms with van der Waals surface area (Å²) in [6.07, 6.45) is 0. The van der Waals surface area contributed by atoms with E-state index in [-0.39, 0.29) is 0 Å². The second-order valence-corrected chi connectivity index (χ2v) is 7.40. The molecule has 6 rings (SSSR count). The number of aryl methyl sites for hydroxylation is 2. The van der Waals surface area contributed by atoms with Gasteiger partial charge in [0.25, 0.3) is 11.6 Å². The highest BCUT2D eigenvalue weighted by Crippen LogP contribution is 2.40. The van der Waals surface area contributed by atoms with Gasteiger partial charge < -0.3 is 8.83 Å². The summed E-state index contributed by atoms with van der Waals surface area (Å²) in [6, 6.07) is 20.9. The molecular weight excluding hydrogens is 348 g/mol. The van der Waals surface area contributed by atoms with Crippen molar-refractivity contribution in [2.45, 2.75) is 13.8 Å². The smallest absolute Gasteiger partial charge is 0.299 e. The number of hydrogen-bond acceptors (Lipinski definition) is 2. The predicted molar refractivity (Wildman–Crippen MR) is 111 cm³/mol. The van der Waals surface area contributed by atoms with E-state index in [1.54, 1.807) is 0 Å². The fraction of sp³-hybridized carbons (Fsp3) is 0.125. The minimum Gasteiger partial charge on any atom is -0.425 e. The molecule has 136 valence electrons. The van der Waals surface area contributed by atoms with Gasteiger partial charge >= 0.3 is 0 Å². The molecule has 0 unspecified atom stereocenters. The molecule has 0 spiro atoms. The molecule has 0 aliphatic heterocycles. The number of hydrogen-bond donors (Lipinski definition) is 0. The van der Waals surface area contributed by atoms with E-state index < -0.39 is 0 Å². The van der Waals surface area contributed by atoms with Gasteiger partial charge in [-0.25, -0.2) is 4.57 Å². The number of rotatable bonds is 1. The Morgan fingerprint density at radius 1 is 0.821 bits per heavy atom. The number of nitrogens with zero attached hydrogens (tertiary/aromatic N) is 2. The molecule has 0 fully saturated rings. The highest BCUT2D eigenvalue weighted by molar-refractivity contribution is 6.21. The fourth-order valence-corrected chi connectivity index (χ4v) is 4.39. The van der Waals surface area contributed by atoms with Crippen LogP contribution in [0.2, 0.25) is 0 Å². The largest absolute Gasteiger partial charge is 0.425 e. The lowest BCUT2D eigenvalue weighted by molar-refractivity contribution is -0.652. The number of aromatic nitrogens is 2. The lowest BCUT2D eigenvalue weighted by Crippen LogP contribution is -2.30. The van der Waals surface area contributed by atoms with E-state index in [0.29, 0.717) is 5.78 Å². The van der Waals surface area contributed by atoms with Crippen LogP contribution in [0.15, 0.2) is 69.5 Å². The third-order valence-corrected chi connectivity index (χ3v) is 5.89. The predicted octanol–water partition coefficient (Wildman–Crippen LogP) is 5.72. The van der Waals surface area contributed by atoms with Crippen LogP contribution in [-0.4, -0.2) is 4.57 Å². The van der Waals surface area contributed by atoms with Crippen molar-refractivity contribution in [3.05, 3.63) is 72.1 Å². The molecule has 3 aromatic carbocycles. The van der Waals surface area contributed by atoms with Crippen molar-refractivity contribution in [2.75, 3.05) is 0 Å². The van der Waals surface area contributed by atoms with Crippen LogP contribution in [0, 0.1) is 13.8 Å². The SMILES string of the molecule is Cc1ccccc1-n1c(C)[n+](C)c2ccc3c(oc4oc5ccccc5c43)c21. The highest BCUT2D eigenvalue weighted by atomic mass is 16.5. The zero-order valence-electron chi connectivity index (χ0n) is 16.0. The molecule has 0 radical (unpaired) electrons. The van der Waals surface area contributed by atoms with Crippen LogP contribution >= 0.6 is 0 Å². The molecule has 0 aliphatic carbocycles. The van der Waals surface area contributed by atoms with Crippen molar-refractivity contribution >= 4 is 44.1 Å². The van der Waals surface area contributed by atoms with E-state index in [9.17, 15) is 0 Å². The van der Waals surface area contributed by atoms with E-state index in [2.05, 4.69) is 72.5 Å². The van der Waals surface area contributed by atoms with Crippen LogP contribution in [-0.2, 0) is 7.05 Å². The van der Waals surface area contributed by atoms with Gasteiger partial charge in [-0.15, -0.1) is 0 Å². The first-order valence-corrected chi connectivity index (χ1v) is 9.45. The molecule has 0 amide bonds. The zero-order valence-corrected chi connectivity index (χ0v) is 16.0. The van der Waals surface area contributed by atoms with E-state index in [4.69, 9.17) is 8.83 Å². The molecule has 0 saturated carbocycles. The molecule has 0 aliphatic rings. The minimum atomic E-state index is 0.585. The van der Waals surface area contributed by atoms with Gasteiger partial charge in [0.1, 0.15) is 11.3 Å². The summed E-state index contributed by atoms with van der Waals surface area (Å²) < 4.78 is 16.8. The Morgan fingerprint density at radius 2 is 1.61 bits per heavy atom. The molecule has 4 nitrogen and oxygen atoms in total. The van der Waals surface area contributed by atoms with Gasteiger partial charge in [-0.05, 0) is 36.8 Å². The van der Waals surface area contributed by atoms with Gasteiger partial charge in [0.2, 0.25) is 5.52 Å². The maximum Gasteiger partial charge on any atom is 0.299 e. The molecule has 3 heterocycles. The van der Waals surface area contributed by atoms with E-state index in [1.807, 2.05) is 18.2 Å². The molecule has 0 N–H and O–H groups in total. The topological polar surface area (TPSA) is 35.1 Å². The third-order valence-electron chi connectivity index (χ3n) is 5.89. The van der Waals surface area contributed by atoms with E-state index in [1.165, 1.54) is 5.56 Å². The molecule has 0 bridgehead atoms. The lowest BCUT2D eigenvalue weighted by atomic mass is 10.1. The average Bonchev–Trinajstić information content (AvgIpc) is 3.32. The van der Waals surface area contributed by atoms with E-state index in [0.717, 1.165) is 49.9 Å². The van der Waals surface area contributed by atoms with Crippen molar-refractivity contribution in [3.63, 3.8) is 0 Å². The van der Waals surface area contributed by atoms with Crippen molar-refractivity contribution in [1.82, 2.24) is 4.57 Å². The molecule has 4 heteroatoms. The molecule has 6 aromatic rings. The third kappa shape index (κ3) is 1.82. The van der Waals surface area contributed by atoms with Crippen molar-refractivity contribution in [3.8, 4) is 5.69 Å². The Kier molecular flexibility index (Phi) is 2.91. The van der Waals surface area contributed by atoms with Crippen LogP contribution < -0.4 is 4.57 Å². The highest BCUT2D eigenvalue weighted by Gasteiger charge is 2.28. The Balaban J connectivity index is 1.84. The molecule has 0 atom stereocenters. The zero-order chi connectivity index (χ0) is 19.0. The number of furan rings is 2. The maximum atomic E-state index is 6.32. The number of para-hydroxylation sites is 2. The van der Waals surface area contributed by atoms with Gasteiger partial charge in [-0.3, -0.25) is 0 Å². The molecule has 28 heavy (non-hydrogen) atoms. The first-order valence-electron chi connectivity index (χ1n) is 9.45. The van der Waals surface area contributed by atoms with Crippen LogP contribution in [0.25, 0.3) is 49.8 Å². The van der Waals surface area contributed by atoms with Gasteiger partial charge in [0.05, 0.1) is 12.4 Å². The van der Waals surface area contributed by atoms with Crippen molar-refractivity contribution in [1.29, 1.82) is 0 Å². The summed E-state index contributed by atoms with van der Waals surface area (Å²) >= 11 is 0. The Hall–Kier alpha value is -3.53. The Bertz CT molecular complexity index is 1550. The molecule has 3 aromatic heterocycles. The summed E-state index contributed by atoms with van der Waals surface area (Å²) in [5.74, 6) is 1.73. The Morgan fingerprint density at radius 3 is 2.46 bits per heavy atom. The van der Waals surface area contributed by atoms with Crippen molar-refractivity contribution < 1.29 is 13.4 Å². The first kappa shape index (κ1) is 15.5. The van der Waals surface area contributed by atoms with Gasteiger partial charge in [-0.1, -0.05) is 36.4 Å². The second kappa shape index (κ2) is 5.26. The maximum absolute atomic E-state index is 6.32. The lowest BCUT2D eigenvalue weighted by Gasteiger charge is -2.03. The molecular formula is C24H19N2O2+. The number of benzene rings is 3. The Labute approximate surface area is 161 Å². The summed E-state index contributed by atoms with van der Waals surface area (Å²) in [5.41, 5.74) is 6.31. The summed E-state index contributed by atoms with van der Waals surface area (Å²) in [4.78, 5) is 0. The summed E-state index contributed by atoms with van der Waals surface area (Å²) in [5, 5.41) is 3.22. The van der Waals surface area contributed by atoms with Gasteiger partial charge in [0.15, 0.2) is 11.1 Å². The summed E-state index contributed by atoms with van der Waals surface area (Å²) in [7, 11) is 2.10. The van der Waals surface area contributed by atoms with Crippen LogP contribution in [0.4, 0.5) is 0 Å². The van der Waals surface area contributed by atoms with E-state index >= 15 is 0 Å². The minimum absolute atomic E-state index is 0.585. The molecule has 0 saturated heterocycles. The number of imidazole rings is 1. The van der Waals surface area contributed by atoms with Crippen LogP contribution in [0.3, 0.4) is 0 Å². The van der Waals surface area contributed by atoms with Crippen molar-refractivity contribution in [2.24, 2.45) is 7.05 Å². The van der Waals surface area contributed by atoms with Crippen LogP contribution in [0.5, 0.6) is 0 Å². The normalized spacial score (nSPS) is 12.1. The standard InChI is InChI=1S/C24H19N2O2/c1-14-8-4-6-10-18(14)26-15(2)25(3)19-13-12-17-21-16-9-5-7-11-20(16)27-24(21)28-23(17)22(19)26/h4-13H,1-3H3/q+1. The van der Waals surface area contributed by atoms with Gasteiger partial charge in [-0.2, -0.15) is 4.57 Å². The second-order valence-electron chi connectivity index (χ2n) is 7.40. The monoisotopic (exact) mass is 367 g/mol.